The van der Waals surface area contributed by atoms with Gasteiger partial charge in [-0.05, 0) is 70.2 Å². The molecule has 2 rings (SSSR count). The van der Waals surface area contributed by atoms with E-state index >= 15 is 0 Å². The third kappa shape index (κ3) is 9.13. The van der Waals surface area contributed by atoms with Gasteiger partial charge in [0.2, 0.25) is 0 Å². The maximum atomic E-state index is 12.5. The average Bonchev–Trinajstić information content (AvgIpc) is 2.81. The van der Waals surface area contributed by atoms with Crippen LogP contribution < -0.4 is 5.32 Å². The van der Waals surface area contributed by atoms with Gasteiger partial charge in [0.25, 0.3) is 0 Å². The van der Waals surface area contributed by atoms with E-state index in [0.29, 0.717) is 18.0 Å². The molecule has 34 heavy (non-hydrogen) atoms. The number of allylic oxidation sites excluding steroid dienone is 5. The lowest BCUT2D eigenvalue weighted by Gasteiger charge is -2.35. The Morgan fingerprint density at radius 3 is 2.29 bits per heavy atom. The maximum absolute atomic E-state index is 12.5. The van der Waals surface area contributed by atoms with Crippen molar-refractivity contribution in [3.05, 3.63) is 70.3 Å². The summed E-state index contributed by atoms with van der Waals surface area (Å²) < 4.78 is 37.5. The zero-order valence-corrected chi connectivity index (χ0v) is 21.9. The molecule has 0 radical (unpaired) electrons. The minimum Gasteiger partial charge on any atom is -0.372 e. The molecule has 1 unspecified atom stereocenters. The van der Waals surface area contributed by atoms with Gasteiger partial charge in [0.1, 0.15) is 0 Å². The topological polar surface area (TPSA) is 27.6 Å². The number of aryl methyl sites for hydroxylation is 1. The minimum absolute atomic E-state index is 0.494. The Labute approximate surface area is 204 Å². The molecule has 1 fully saturated rings. The summed E-state index contributed by atoms with van der Waals surface area (Å²) >= 11 is 0. The lowest BCUT2D eigenvalue weighted by molar-refractivity contribution is 0.255. The monoisotopic (exact) mass is 477 g/mol. The van der Waals surface area contributed by atoms with Crippen molar-refractivity contribution in [2.24, 2.45) is 4.99 Å². The van der Waals surface area contributed by atoms with E-state index in [2.05, 4.69) is 68.9 Å². The highest BCUT2D eigenvalue weighted by Crippen LogP contribution is 2.23. The summed E-state index contributed by atoms with van der Waals surface area (Å²) in [4.78, 5) is 7.16. The van der Waals surface area contributed by atoms with Gasteiger partial charge in [-0.2, -0.15) is 0 Å². The first-order valence-corrected chi connectivity index (χ1v) is 12.4. The Hall–Kier alpha value is -2.34. The number of aliphatic imine (C=N–C) groups is 1. The first-order chi connectivity index (χ1) is 16.2. The van der Waals surface area contributed by atoms with Crippen LogP contribution in [-0.4, -0.2) is 36.3 Å². The van der Waals surface area contributed by atoms with Crippen LogP contribution in [0.3, 0.4) is 0 Å². The van der Waals surface area contributed by atoms with E-state index in [4.69, 9.17) is 0 Å². The van der Waals surface area contributed by atoms with Crippen LogP contribution in [-0.2, 0) is 6.42 Å². The Balaban J connectivity index is 0.000000404. The second kappa shape index (κ2) is 15.5. The standard InChI is InChI=1S/C19H33N3.C9H9F3/c1-7-10-11-21-16(5)19(18(8-2)9-3)17(6)22-13-12-20-15(4)14-22;1-2-3-6-4-7(10)9(12)8(11)5-6/h8,10-11,15,20H,7,9,12-14H2,1-6H3;4-5H,2-3H2,1H3/b11-10+,18-8-,19-17-,21-16+;. The number of piperazine rings is 1. The van der Waals surface area contributed by atoms with E-state index in [1.165, 1.54) is 16.8 Å². The van der Waals surface area contributed by atoms with Crippen LogP contribution in [0.4, 0.5) is 13.2 Å². The van der Waals surface area contributed by atoms with Gasteiger partial charge in [0, 0.05) is 48.9 Å². The van der Waals surface area contributed by atoms with Crippen LogP contribution in [0.5, 0.6) is 0 Å². The molecule has 1 aromatic rings. The summed E-state index contributed by atoms with van der Waals surface area (Å²) in [7, 11) is 0. The summed E-state index contributed by atoms with van der Waals surface area (Å²) in [6.07, 6.45) is 9.67. The van der Waals surface area contributed by atoms with Gasteiger partial charge in [-0.15, -0.1) is 0 Å². The van der Waals surface area contributed by atoms with E-state index in [9.17, 15) is 13.2 Å². The highest BCUT2D eigenvalue weighted by atomic mass is 19.2. The smallest absolute Gasteiger partial charge is 0.194 e. The minimum atomic E-state index is -1.39. The molecule has 6 heteroatoms. The molecule has 3 nitrogen and oxygen atoms in total. The van der Waals surface area contributed by atoms with Gasteiger partial charge >= 0.3 is 0 Å². The van der Waals surface area contributed by atoms with Crippen molar-refractivity contribution < 1.29 is 13.2 Å². The number of halogens is 3. The number of hydrogen-bond acceptors (Lipinski definition) is 3. The molecule has 0 aliphatic carbocycles. The number of nitrogens with one attached hydrogen (secondary N) is 1. The molecule has 1 N–H and O–H groups in total. The second-order valence-corrected chi connectivity index (χ2v) is 8.56. The van der Waals surface area contributed by atoms with Gasteiger partial charge in [-0.25, -0.2) is 13.2 Å². The lowest BCUT2D eigenvalue weighted by Crippen LogP contribution is -2.48. The number of benzene rings is 1. The molecule has 1 aromatic carbocycles. The van der Waals surface area contributed by atoms with Gasteiger partial charge in [0.05, 0.1) is 0 Å². The molecular formula is C28H42F3N3. The number of hydrogen-bond donors (Lipinski definition) is 1. The highest BCUT2D eigenvalue weighted by molar-refractivity contribution is 6.03. The van der Waals surface area contributed by atoms with Crippen LogP contribution in [0.15, 0.2) is 52.3 Å². The molecule has 190 valence electrons. The van der Waals surface area contributed by atoms with Gasteiger partial charge in [-0.3, -0.25) is 4.99 Å². The predicted octanol–water partition coefficient (Wildman–Crippen LogP) is 7.35. The summed E-state index contributed by atoms with van der Waals surface area (Å²) in [6, 6.07) is 2.60. The third-order valence-corrected chi connectivity index (χ3v) is 5.81. The molecule has 1 aliphatic rings. The Kier molecular flexibility index (Phi) is 13.6. The molecule has 0 bridgehead atoms. The summed E-state index contributed by atoms with van der Waals surface area (Å²) in [5.41, 5.74) is 5.67. The van der Waals surface area contributed by atoms with Gasteiger partial charge in [0.15, 0.2) is 17.5 Å². The molecule has 0 aromatic heterocycles. The summed E-state index contributed by atoms with van der Waals surface area (Å²) in [5.74, 6) is -3.62. The van der Waals surface area contributed by atoms with Crippen LogP contribution in [0.2, 0.25) is 0 Å². The van der Waals surface area contributed by atoms with Crippen molar-refractivity contribution in [2.75, 3.05) is 19.6 Å². The highest BCUT2D eigenvalue weighted by Gasteiger charge is 2.20. The largest absolute Gasteiger partial charge is 0.372 e. The first kappa shape index (κ1) is 29.7. The zero-order valence-electron chi connectivity index (χ0n) is 21.9. The van der Waals surface area contributed by atoms with Crippen molar-refractivity contribution >= 4 is 5.71 Å². The third-order valence-electron chi connectivity index (χ3n) is 5.81. The molecule has 1 atom stereocenters. The van der Waals surface area contributed by atoms with Crippen LogP contribution >= 0.6 is 0 Å². The van der Waals surface area contributed by atoms with Gasteiger partial charge < -0.3 is 10.2 Å². The van der Waals surface area contributed by atoms with Crippen molar-refractivity contribution in [2.45, 2.75) is 80.2 Å². The Bertz CT molecular complexity index is 877. The molecule has 1 saturated heterocycles. The SMILES string of the molecule is CCCc1cc(F)c(F)c(F)c1.C\C=C(CC)/C(C(/C)=N/C=C/CC)=C(/C)N1CCNC(C)C1. The first-order valence-electron chi connectivity index (χ1n) is 12.4. The molecule has 0 saturated carbocycles. The fraction of sp³-hybridized carbons (Fsp3) is 0.536. The molecule has 1 aliphatic heterocycles. The van der Waals surface area contributed by atoms with Crippen molar-refractivity contribution in [1.82, 2.24) is 10.2 Å². The quantitative estimate of drug-likeness (QED) is 0.241. The fourth-order valence-electron chi connectivity index (χ4n) is 4.02. The molecule has 0 spiro atoms. The maximum Gasteiger partial charge on any atom is 0.194 e. The van der Waals surface area contributed by atoms with E-state index in [1.807, 2.05) is 13.1 Å². The summed E-state index contributed by atoms with van der Waals surface area (Å²) in [5, 5.41) is 3.51. The Morgan fingerprint density at radius 1 is 1.15 bits per heavy atom. The predicted molar refractivity (Wildman–Crippen MR) is 139 cm³/mol. The van der Waals surface area contributed by atoms with Gasteiger partial charge in [-0.1, -0.05) is 39.3 Å². The molecular weight excluding hydrogens is 435 g/mol. The Morgan fingerprint density at radius 2 is 1.79 bits per heavy atom. The fourth-order valence-corrected chi connectivity index (χ4v) is 4.02. The van der Waals surface area contributed by atoms with Crippen LogP contribution in [0, 0.1) is 17.5 Å². The van der Waals surface area contributed by atoms with Crippen LogP contribution in [0.1, 0.15) is 73.3 Å². The van der Waals surface area contributed by atoms with E-state index in [-0.39, 0.29) is 0 Å². The van der Waals surface area contributed by atoms with Crippen molar-refractivity contribution in [3.8, 4) is 0 Å². The van der Waals surface area contributed by atoms with E-state index in [0.717, 1.165) is 56.7 Å². The zero-order chi connectivity index (χ0) is 25.7. The van der Waals surface area contributed by atoms with Crippen LogP contribution in [0.25, 0.3) is 0 Å². The van der Waals surface area contributed by atoms with Crippen molar-refractivity contribution in [3.63, 3.8) is 0 Å². The van der Waals surface area contributed by atoms with E-state index in [1.54, 1.807) is 0 Å². The number of nitrogens with zero attached hydrogens (tertiary/aromatic N) is 2. The molecule has 0 amide bonds. The number of rotatable bonds is 8. The van der Waals surface area contributed by atoms with Crippen molar-refractivity contribution in [1.29, 1.82) is 0 Å². The lowest BCUT2D eigenvalue weighted by atomic mass is 9.96. The normalized spacial score (nSPS) is 18.1. The summed E-state index contributed by atoms with van der Waals surface area (Å²) in [6.45, 7) is 18.2. The second-order valence-electron chi connectivity index (χ2n) is 8.56. The molecule has 1 heterocycles. The average molecular weight is 478 g/mol. The van der Waals surface area contributed by atoms with E-state index < -0.39 is 17.5 Å².